The molecule has 2 amide bonds. The Morgan fingerprint density at radius 1 is 1.33 bits per heavy atom. The van der Waals surface area contributed by atoms with Crippen LogP contribution in [0.2, 0.25) is 0 Å². The normalized spacial score (nSPS) is 22.9. The zero-order valence-electron chi connectivity index (χ0n) is 6.96. The smallest absolute Gasteiger partial charge is 0.245 e. The van der Waals surface area contributed by atoms with Crippen molar-refractivity contribution in [2.24, 2.45) is 17.4 Å². The number of carbonyl (C=O) groups excluding carboxylic acids is 2. The maximum atomic E-state index is 10.9. The predicted octanol–water partition coefficient (Wildman–Crippen LogP) is -0.317. The average Bonchev–Trinajstić information content (AvgIpc) is 2.30. The van der Waals surface area contributed by atoms with Crippen LogP contribution in [0.5, 0.6) is 0 Å². The molecule has 0 spiro atoms. The summed E-state index contributed by atoms with van der Waals surface area (Å²) in [6.45, 7) is 1.87. The summed E-state index contributed by atoms with van der Waals surface area (Å²) < 4.78 is 0. The SMILES string of the molecule is CC1CCC(C(N)=O)=C1C(N)=O. The van der Waals surface area contributed by atoms with Crippen LogP contribution in [0.25, 0.3) is 0 Å². The molecule has 4 nitrogen and oxygen atoms in total. The van der Waals surface area contributed by atoms with Crippen molar-refractivity contribution in [1.82, 2.24) is 0 Å². The van der Waals surface area contributed by atoms with Gasteiger partial charge in [0.25, 0.3) is 0 Å². The zero-order valence-corrected chi connectivity index (χ0v) is 6.96. The first-order valence-corrected chi connectivity index (χ1v) is 3.86. The van der Waals surface area contributed by atoms with E-state index in [0.29, 0.717) is 17.6 Å². The highest BCUT2D eigenvalue weighted by Gasteiger charge is 2.28. The molecule has 1 aliphatic carbocycles. The molecule has 0 heterocycles. The van der Waals surface area contributed by atoms with E-state index in [9.17, 15) is 9.59 Å². The van der Waals surface area contributed by atoms with Gasteiger partial charge in [-0.1, -0.05) is 6.92 Å². The first-order valence-electron chi connectivity index (χ1n) is 3.86. The number of rotatable bonds is 2. The van der Waals surface area contributed by atoms with Gasteiger partial charge in [0.05, 0.1) is 0 Å². The summed E-state index contributed by atoms with van der Waals surface area (Å²) in [5.74, 6) is -0.966. The van der Waals surface area contributed by atoms with Crippen LogP contribution in [0.1, 0.15) is 19.8 Å². The molecule has 4 N–H and O–H groups in total. The van der Waals surface area contributed by atoms with Crippen LogP contribution in [0.4, 0.5) is 0 Å². The second-order valence-corrected chi connectivity index (χ2v) is 3.06. The Kier molecular flexibility index (Phi) is 2.17. The van der Waals surface area contributed by atoms with E-state index < -0.39 is 11.8 Å². The molecule has 0 radical (unpaired) electrons. The van der Waals surface area contributed by atoms with Crippen LogP contribution in [0.3, 0.4) is 0 Å². The van der Waals surface area contributed by atoms with Crippen LogP contribution in [0, 0.1) is 5.92 Å². The standard InChI is InChI=1S/C8H12N2O2/c1-4-2-3-5(7(9)11)6(4)8(10)12/h4H,2-3H2,1H3,(H2,9,11)(H2,10,12). The molecule has 1 atom stereocenters. The zero-order chi connectivity index (χ0) is 9.30. The second-order valence-electron chi connectivity index (χ2n) is 3.06. The number of hydrogen-bond acceptors (Lipinski definition) is 2. The summed E-state index contributed by atoms with van der Waals surface area (Å²) in [5.41, 5.74) is 11.0. The van der Waals surface area contributed by atoms with Gasteiger partial charge < -0.3 is 11.5 Å². The van der Waals surface area contributed by atoms with Crippen molar-refractivity contribution in [3.63, 3.8) is 0 Å². The van der Waals surface area contributed by atoms with Crippen LogP contribution in [0.15, 0.2) is 11.1 Å². The lowest BCUT2D eigenvalue weighted by Gasteiger charge is -2.04. The fourth-order valence-electron chi connectivity index (χ4n) is 1.58. The van der Waals surface area contributed by atoms with Crippen molar-refractivity contribution in [2.75, 3.05) is 0 Å². The minimum atomic E-state index is -0.520. The van der Waals surface area contributed by atoms with Gasteiger partial charge in [0.1, 0.15) is 0 Å². The molecule has 0 aliphatic heterocycles. The first kappa shape index (κ1) is 8.77. The highest BCUT2D eigenvalue weighted by atomic mass is 16.2. The van der Waals surface area contributed by atoms with Crippen molar-refractivity contribution in [3.8, 4) is 0 Å². The number of carbonyl (C=O) groups is 2. The predicted molar refractivity (Wildman–Crippen MR) is 43.8 cm³/mol. The van der Waals surface area contributed by atoms with Crippen LogP contribution >= 0.6 is 0 Å². The molecule has 0 aromatic carbocycles. The molecule has 66 valence electrons. The Morgan fingerprint density at radius 3 is 2.25 bits per heavy atom. The van der Waals surface area contributed by atoms with Gasteiger partial charge in [-0.2, -0.15) is 0 Å². The van der Waals surface area contributed by atoms with Gasteiger partial charge in [0.15, 0.2) is 0 Å². The first-order chi connectivity index (χ1) is 5.54. The lowest BCUT2D eigenvalue weighted by molar-refractivity contribution is -0.117. The van der Waals surface area contributed by atoms with E-state index in [-0.39, 0.29) is 5.92 Å². The second kappa shape index (κ2) is 2.97. The van der Waals surface area contributed by atoms with E-state index in [2.05, 4.69) is 0 Å². The van der Waals surface area contributed by atoms with Gasteiger partial charge in [0, 0.05) is 11.1 Å². The van der Waals surface area contributed by atoms with Crippen LogP contribution < -0.4 is 11.5 Å². The Labute approximate surface area is 70.6 Å². The number of nitrogens with two attached hydrogens (primary N) is 2. The van der Waals surface area contributed by atoms with E-state index in [1.165, 1.54) is 0 Å². The summed E-state index contributed by atoms with van der Waals surface area (Å²) in [4.78, 5) is 21.7. The Morgan fingerprint density at radius 2 is 1.92 bits per heavy atom. The molecule has 1 unspecified atom stereocenters. The van der Waals surface area contributed by atoms with Crippen molar-refractivity contribution in [2.45, 2.75) is 19.8 Å². The fraction of sp³-hybridized carbons (Fsp3) is 0.500. The third-order valence-corrected chi connectivity index (χ3v) is 2.21. The van der Waals surface area contributed by atoms with Crippen molar-refractivity contribution in [3.05, 3.63) is 11.1 Å². The van der Waals surface area contributed by atoms with Gasteiger partial charge in [-0.25, -0.2) is 0 Å². The minimum Gasteiger partial charge on any atom is -0.366 e. The highest BCUT2D eigenvalue weighted by Crippen LogP contribution is 2.30. The molecular formula is C8H12N2O2. The molecule has 0 saturated heterocycles. The Hall–Kier alpha value is -1.32. The lowest BCUT2D eigenvalue weighted by atomic mass is 10.0. The number of hydrogen-bond donors (Lipinski definition) is 2. The summed E-state index contributed by atoms with van der Waals surface area (Å²) in [5, 5.41) is 0. The molecule has 12 heavy (non-hydrogen) atoms. The third-order valence-electron chi connectivity index (χ3n) is 2.21. The van der Waals surface area contributed by atoms with Crippen molar-refractivity contribution < 1.29 is 9.59 Å². The van der Waals surface area contributed by atoms with E-state index >= 15 is 0 Å². The number of primary amides is 2. The molecule has 0 aromatic rings. The number of amides is 2. The molecular weight excluding hydrogens is 156 g/mol. The Balaban J connectivity index is 3.06. The topological polar surface area (TPSA) is 86.2 Å². The van der Waals surface area contributed by atoms with E-state index in [0.717, 1.165) is 6.42 Å². The highest BCUT2D eigenvalue weighted by molar-refractivity contribution is 6.04. The van der Waals surface area contributed by atoms with Crippen LogP contribution in [-0.2, 0) is 9.59 Å². The fourth-order valence-corrected chi connectivity index (χ4v) is 1.58. The van der Waals surface area contributed by atoms with Gasteiger partial charge in [-0.05, 0) is 18.8 Å². The van der Waals surface area contributed by atoms with E-state index in [4.69, 9.17) is 11.5 Å². The minimum absolute atomic E-state index is 0.0741. The molecule has 0 aromatic heterocycles. The summed E-state index contributed by atoms with van der Waals surface area (Å²) in [7, 11) is 0. The lowest BCUT2D eigenvalue weighted by Crippen LogP contribution is -2.22. The third kappa shape index (κ3) is 1.32. The van der Waals surface area contributed by atoms with Gasteiger partial charge in [-0.3, -0.25) is 9.59 Å². The molecule has 4 heteroatoms. The monoisotopic (exact) mass is 168 g/mol. The largest absolute Gasteiger partial charge is 0.366 e. The molecule has 0 fully saturated rings. The van der Waals surface area contributed by atoms with Crippen molar-refractivity contribution in [1.29, 1.82) is 0 Å². The summed E-state index contributed by atoms with van der Waals surface area (Å²) in [6, 6.07) is 0. The average molecular weight is 168 g/mol. The van der Waals surface area contributed by atoms with Gasteiger partial charge in [0.2, 0.25) is 11.8 Å². The molecule has 1 rings (SSSR count). The quantitative estimate of drug-likeness (QED) is 0.592. The maximum absolute atomic E-state index is 10.9. The molecule has 0 saturated carbocycles. The van der Waals surface area contributed by atoms with Crippen LogP contribution in [-0.4, -0.2) is 11.8 Å². The van der Waals surface area contributed by atoms with Crippen molar-refractivity contribution >= 4 is 11.8 Å². The maximum Gasteiger partial charge on any atom is 0.245 e. The molecule has 0 bridgehead atoms. The van der Waals surface area contributed by atoms with Gasteiger partial charge in [-0.15, -0.1) is 0 Å². The van der Waals surface area contributed by atoms with E-state index in [1.807, 2.05) is 6.92 Å². The molecule has 1 aliphatic rings. The summed E-state index contributed by atoms with van der Waals surface area (Å²) in [6.07, 6.45) is 1.37. The summed E-state index contributed by atoms with van der Waals surface area (Å²) >= 11 is 0. The van der Waals surface area contributed by atoms with E-state index in [1.54, 1.807) is 0 Å². The Bertz CT molecular complexity index is 268. The van der Waals surface area contributed by atoms with Gasteiger partial charge >= 0.3 is 0 Å².